The van der Waals surface area contributed by atoms with E-state index in [0.29, 0.717) is 0 Å². The smallest absolute Gasteiger partial charge is 0.160 e. The molecule has 2 heterocycles. The molecule has 64 valence electrons. The fourth-order valence-corrected chi connectivity index (χ4v) is 1.72. The summed E-state index contributed by atoms with van der Waals surface area (Å²) in [6.07, 6.45) is -2.38. The first kappa shape index (κ1) is 7.76. The molecule has 0 aliphatic carbocycles. The van der Waals surface area contributed by atoms with E-state index in [1.807, 2.05) is 0 Å². The van der Waals surface area contributed by atoms with Crippen LogP contribution < -0.4 is 0 Å². The van der Waals surface area contributed by atoms with Crippen molar-refractivity contribution >= 4 is 11.6 Å². The van der Waals surface area contributed by atoms with Crippen molar-refractivity contribution in [3.8, 4) is 0 Å². The molecular weight excluding hydrogens is 172 g/mol. The quantitative estimate of drug-likeness (QED) is 0.473. The number of hydrogen-bond acceptors (Lipinski definition) is 4. The molecule has 0 radical (unpaired) electrons. The lowest BCUT2D eigenvalue weighted by Crippen LogP contribution is -2.31. The standard InChI is InChI=1S/C6H9ClO4/c7-6-3(9)5-4(11-6)2(8)1-10-5/h2-6,8-9H,1H2/t2-,3-,4-,5+,6?/m1/s1. The van der Waals surface area contributed by atoms with Crippen LogP contribution in [-0.4, -0.2) is 46.8 Å². The number of hydrogen-bond donors (Lipinski definition) is 2. The summed E-state index contributed by atoms with van der Waals surface area (Å²) in [6, 6.07) is 0. The van der Waals surface area contributed by atoms with Gasteiger partial charge in [-0.15, -0.1) is 0 Å². The number of rotatable bonds is 0. The highest BCUT2D eigenvalue weighted by Gasteiger charge is 2.50. The van der Waals surface area contributed by atoms with Crippen LogP contribution in [0.5, 0.6) is 0 Å². The van der Waals surface area contributed by atoms with Crippen LogP contribution in [0.15, 0.2) is 0 Å². The van der Waals surface area contributed by atoms with E-state index in [-0.39, 0.29) is 6.61 Å². The molecule has 0 saturated carbocycles. The molecule has 1 unspecified atom stereocenters. The van der Waals surface area contributed by atoms with Crippen LogP contribution in [0.1, 0.15) is 0 Å². The van der Waals surface area contributed by atoms with Crippen LogP contribution in [0.25, 0.3) is 0 Å². The van der Waals surface area contributed by atoms with Crippen LogP contribution in [0, 0.1) is 0 Å². The summed E-state index contributed by atoms with van der Waals surface area (Å²) < 4.78 is 10.1. The first-order valence-electron chi connectivity index (χ1n) is 3.47. The van der Waals surface area contributed by atoms with E-state index >= 15 is 0 Å². The second-order valence-electron chi connectivity index (χ2n) is 2.81. The van der Waals surface area contributed by atoms with Crippen molar-refractivity contribution in [2.24, 2.45) is 0 Å². The van der Waals surface area contributed by atoms with Gasteiger partial charge in [0.25, 0.3) is 0 Å². The molecule has 0 aromatic carbocycles. The normalized spacial score (nSPS) is 56.5. The van der Waals surface area contributed by atoms with Crippen molar-refractivity contribution in [1.29, 1.82) is 0 Å². The van der Waals surface area contributed by atoms with E-state index in [4.69, 9.17) is 21.1 Å². The molecule has 5 heteroatoms. The fraction of sp³-hybridized carbons (Fsp3) is 1.00. The molecule has 0 aromatic heterocycles. The van der Waals surface area contributed by atoms with Gasteiger partial charge >= 0.3 is 0 Å². The Kier molecular flexibility index (Phi) is 1.81. The van der Waals surface area contributed by atoms with Gasteiger partial charge in [0.2, 0.25) is 0 Å². The van der Waals surface area contributed by atoms with Gasteiger partial charge in [-0.3, -0.25) is 0 Å². The van der Waals surface area contributed by atoms with Crippen LogP contribution in [0.4, 0.5) is 0 Å². The molecule has 0 spiro atoms. The Morgan fingerprint density at radius 2 is 2.00 bits per heavy atom. The fourth-order valence-electron chi connectivity index (χ4n) is 1.46. The van der Waals surface area contributed by atoms with Crippen molar-refractivity contribution < 1.29 is 19.7 Å². The predicted octanol–water partition coefficient (Wildman–Crippen LogP) is -0.929. The summed E-state index contributed by atoms with van der Waals surface area (Å²) in [5, 5.41) is 18.5. The van der Waals surface area contributed by atoms with Gasteiger partial charge in [-0.1, -0.05) is 11.6 Å². The van der Waals surface area contributed by atoms with Crippen LogP contribution in [-0.2, 0) is 9.47 Å². The third-order valence-electron chi connectivity index (χ3n) is 2.05. The molecular formula is C6H9ClO4. The molecule has 2 saturated heterocycles. The maximum atomic E-state index is 9.29. The van der Waals surface area contributed by atoms with E-state index in [1.165, 1.54) is 0 Å². The average molecular weight is 181 g/mol. The van der Waals surface area contributed by atoms with Crippen LogP contribution in [0.2, 0.25) is 0 Å². The molecule has 2 rings (SSSR count). The van der Waals surface area contributed by atoms with Gasteiger partial charge in [0.15, 0.2) is 5.56 Å². The monoisotopic (exact) mass is 180 g/mol. The van der Waals surface area contributed by atoms with E-state index < -0.39 is 30.0 Å². The second-order valence-corrected chi connectivity index (χ2v) is 3.24. The highest BCUT2D eigenvalue weighted by Crippen LogP contribution is 2.32. The topological polar surface area (TPSA) is 58.9 Å². The van der Waals surface area contributed by atoms with E-state index in [2.05, 4.69) is 0 Å². The van der Waals surface area contributed by atoms with Gasteiger partial charge in [0.1, 0.15) is 24.4 Å². The summed E-state index contributed by atoms with van der Waals surface area (Å²) in [7, 11) is 0. The van der Waals surface area contributed by atoms with Crippen molar-refractivity contribution in [2.75, 3.05) is 6.61 Å². The van der Waals surface area contributed by atoms with Gasteiger partial charge < -0.3 is 19.7 Å². The molecule has 4 nitrogen and oxygen atoms in total. The minimum atomic E-state index is -0.821. The molecule has 5 atom stereocenters. The molecule has 0 amide bonds. The average Bonchev–Trinajstić information content (AvgIpc) is 2.43. The summed E-state index contributed by atoms with van der Waals surface area (Å²) in [6.45, 7) is 0.218. The highest BCUT2D eigenvalue weighted by atomic mass is 35.5. The van der Waals surface area contributed by atoms with E-state index in [1.54, 1.807) is 0 Å². The minimum absolute atomic E-state index is 0.218. The summed E-state index contributed by atoms with van der Waals surface area (Å²) >= 11 is 5.57. The van der Waals surface area contributed by atoms with E-state index in [0.717, 1.165) is 0 Å². The first-order valence-corrected chi connectivity index (χ1v) is 3.91. The number of aliphatic hydroxyl groups is 2. The van der Waals surface area contributed by atoms with Crippen molar-refractivity contribution in [3.63, 3.8) is 0 Å². The number of ether oxygens (including phenoxy) is 2. The van der Waals surface area contributed by atoms with Crippen molar-refractivity contribution in [1.82, 2.24) is 0 Å². The van der Waals surface area contributed by atoms with Crippen LogP contribution >= 0.6 is 11.6 Å². The summed E-state index contributed by atoms with van der Waals surface area (Å²) in [4.78, 5) is 0. The van der Waals surface area contributed by atoms with Gasteiger partial charge in [-0.05, 0) is 0 Å². The molecule has 2 aliphatic heterocycles. The Hall–Kier alpha value is 0.130. The van der Waals surface area contributed by atoms with Gasteiger partial charge in [-0.25, -0.2) is 0 Å². The Balaban J connectivity index is 2.12. The Bertz CT molecular complexity index is 165. The molecule has 0 bridgehead atoms. The van der Waals surface area contributed by atoms with Gasteiger partial charge in [-0.2, -0.15) is 0 Å². The first-order chi connectivity index (χ1) is 5.20. The lowest BCUT2D eigenvalue weighted by molar-refractivity contribution is -0.0132. The third-order valence-corrected chi connectivity index (χ3v) is 2.42. The molecule has 2 N–H and O–H groups in total. The zero-order chi connectivity index (χ0) is 8.01. The minimum Gasteiger partial charge on any atom is -0.388 e. The maximum Gasteiger partial charge on any atom is 0.160 e. The lowest BCUT2D eigenvalue weighted by atomic mass is 10.1. The predicted molar refractivity (Wildman–Crippen MR) is 36.3 cm³/mol. The number of aliphatic hydroxyl groups excluding tert-OH is 2. The Morgan fingerprint density at radius 3 is 2.64 bits per heavy atom. The zero-order valence-corrected chi connectivity index (χ0v) is 6.44. The Morgan fingerprint density at radius 1 is 1.27 bits per heavy atom. The molecule has 2 aliphatic rings. The van der Waals surface area contributed by atoms with Crippen molar-refractivity contribution in [2.45, 2.75) is 30.0 Å². The van der Waals surface area contributed by atoms with Crippen LogP contribution in [0.3, 0.4) is 0 Å². The van der Waals surface area contributed by atoms with Gasteiger partial charge in [0.05, 0.1) is 6.61 Å². The van der Waals surface area contributed by atoms with Gasteiger partial charge in [0, 0.05) is 0 Å². The summed E-state index contributed by atoms with van der Waals surface area (Å²) in [5.41, 5.74) is -0.750. The third kappa shape index (κ3) is 1.06. The summed E-state index contributed by atoms with van der Waals surface area (Å²) in [5.74, 6) is 0. The zero-order valence-electron chi connectivity index (χ0n) is 5.68. The van der Waals surface area contributed by atoms with Crippen molar-refractivity contribution in [3.05, 3.63) is 0 Å². The molecule has 11 heavy (non-hydrogen) atoms. The SMILES string of the molecule is O[C@@H]1CO[C@@H]2[C@@H]1OC(Cl)[C@@H]2O. The molecule has 2 fully saturated rings. The Labute approximate surface area is 68.7 Å². The highest BCUT2D eigenvalue weighted by molar-refractivity contribution is 6.20. The largest absolute Gasteiger partial charge is 0.388 e. The number of fused-ring (bicyclic) bond motifs is 1. The number of alkyl halides is 1. The second kappa shape index (κ2) is 2.57. The lowest BCUT2D eigenvalue weighted by Gasteiger charge is -2.09. The van der Waals surface area contributed by atoms with E-state index in [9.17, 15) is 10.2 Å². The molecule has 0 aromatic rings. The maximum absolute atomic E-state index is 9.29. The number of halogens is 1.